The highest BCUT2D eigenvalue weighted by Gasteiger charge is 2.07. The molecule has 27 heavy (non-hydrogen) atoms. The molecule has 134 valence electrons. The quantitative estimate of drug-likeness (QED) is 0.375. The number of phenolic OH excluding ortho intramolecular Hbond substituents is 1. The van der Waals surface area contributed by atoms with Gasteiger partial charge < -0.3 is 9.84 Å². The summed E-state index contributed by atoms with van der Waals surface area (Å²) < 4.78 is 5.29. The summed E-state index contributed by atoms with van der Waals surface area (Å²) in [7, 11) is 1.62. The monoisotopic (exact) mass is 375 g/mol. The van der Waals surface area contributed by atoms with E-state index in [0.29, 0.717) is 10.7 Å². The maximum absolute atomic E-state index is 10.2. The number of hydrogen-bond donors (Lipinski definition) is 2. The normalized spacial score (nSPS) is 11.1. The summed E-state index contributed by atoms with van der Waals surface area (Å²) in [5, 5.41) is 19.0. The molecule has 0 atom stereocenters. The Hall–Kier alpha value is -3.38. The minimum absolute atomic E-state index is 0.158. The molecule has 0 saturated heterocycles. The predicted molar refractivity (Wildman–Crippen MR) is 111 cm³/mol. The van der Waals surface area contributed by atoms with Crippen molar-refractivity contribution in [1.82, 2.24) is 4.98 Å². The number of hydrazone groups is 1. The molecular weight excluding hydrogens is 358 g/mol. The number of ether oxygens (including phenoxy) is 1. The van der Waals surface area contributed by atoms with E-state index in [9.17, 15) is 5.11 Å². The SMILES string of the molecule is COc1ccc2ccc(O)c(C=NNc3nc(-c4ccccc4)cs3)c2c1. The molecule has 1 heterocycles. The second kappa shape index (κ2) is 7.47. The summed E-state index contributed by atoms with van der Waals surface area (Å²) in [6.45, 7) is 0. The summed E-state index contributed by atoms with van der Waals surface area (Å²) in [6.07, 6.45) is 1.60. The molecule has 5 nitrogen and oxygen atoms in total. The number of fused-ring (bicyclic) bond motifs is 1. The first kappa shape index (κ1) is 17.1. The smallest absolute Gasteiger partial charge is 0.203 e. The van der Waals surface area contributed by atoms with Crippen molar-refractivity contribution in [3.63, 3.8) is 0 Å². The maximum Gasteiger partial charge on any atom is 0.203 e. The van der Waals surface area contributed by atoms with Crippen LogP contribution >= 0.6 is 11.3 Å². The van der Waals surface area contributed by atoms with Crippen molar-refractivity contribution >= 4 is 33.5 Å². The number of thiazole rings is 1. The number of hydrogen-bond acceptors (Lipinski definition) is 6. The molecule has 0 aliphatic rings. The summed E-state index contributed by atoms with van der Waals surface area (Å²) in [5.74, 6) is 0.883. The van der Waals surface area contributed by atoms with Crippen LogP contribution in [0.4, 0.5) is 5.13 Å². The van der Waals surface area contributed by atoms with Gasteiger partial charge in [0.15, 0.2) is 0 Å². The molecule has 0 amide bonds. The maximum atomic E-state index is 10.2. The first-order valence-corrected chi connectivity index (χ1v) is 9.22. The molecule has 0 radical (unpaired) electrons. The minimum atomic E-state index is 0.158. The number of nitrogens with zero attached hydrogens (tertiary/aromatic N) is 2. The van der Waals surface area contributed by atoms with E-state index in [1.54, 1.807) is 19.4 Å². The van der Waals surface area contributed by atoms with E-state index in [0.717, 1.165) is 27.8 Å². The van der Waals surface area contributed by atoms with Crippen LogP contribution in [0, 0.1) is 0 Å². The number of aromatic hydroxyl groups is 1. The zero-order valence-electron chi connectivity index (χ0n) is 14.6. The Bertz CT molecular complexity index is 1110. The van der Waals surface area contributed by atoms with E-state index in [-0.39, 0.29) is 5.75 Å². The molecule has 4 aromatic rings. The van der Waals surface area contributed by atoms with E-state index in [2.05, 4.69) is 15.5 Å². The fourth-order valence-electron chi connectivity index (χ4n) is 2.79. The van der Waals surface area contributed by atoms with Crippen LogP contribution in [0.3, 0.4) is 0 Å². The number of aromatic nitrogens is 1. The van der Waals surface area contributed by atoms with E-state index in [1.807, 2.05) is 60.0 Å². The van der Waals surface area contributed by atoms with Crippen molar-refractivity contribution in [2.24, 2.45) is 5.10 Å². The van der Waals surface area contributed by atoms with Crippen molar-refractivity contribution in [2.45, 2.75) is 0 Å². The number of phenols is 1. The average Bonchev–Trinajstić information content (AvgIpc) is 3.19. The van der Waals surface area contributed by atoms with Crippen LogP contribution in [0.5, 0.6) is 11.5 Å². The Morgan fingerprint density at radius 2 is 1.93 bits per heavy atom. The van der Waals surface area contributed by atoms with Crippen molar-refractivity contribution < 1.29 is 9.84 Å². The second-order valence-corrected chi connectivity index (χ2v) is 6.72. The van der Waals surface area contributed by atoms with Gasteiger partial charge in [-0.2, -0.15) is 5.10 Å². The molecule has 4 rings (SSSR count). The van der Waals surface area contributed by atoms with Gasteiger partial charge in [0, 0.05) is 16.5 Å². The van der Waals surface area contributed by atoms with Gasteiger partial charge in [0.2, 0.25) is 5.13 Å². The van der Waals surface area contributed by atoms with Crippen LogP contribution in [-0.4, -0.2) is 23.4 Å². The number of nitrogens with one attached hydrogen (secondary N) is 1. The zero-order valence-corrected chi connectivity index (χ0v) is 15.4. The van der Waals surface area contributed by atoms with Crippen LogP contribution in [0.2, 0.25) is 0 Å². The van der Waals surface area contributed by atoms with E-state index < -0.39 is 0 Å². The third-order valence-electron chi connectivity index (χ3n) is 4.17. The molecule has 0 saturated carbocycles. The summed E-state index contributed by atoms with van der Waals surface area (Å²) in [6, 6.07) is 19.2. The van der Waals surface area contributed by atoms with Crippen molar-refractivity contribution in [2.75, 3.05) is 12.5 Å². The van der Waals surface area contributed by atoms with E-state index >= 15 is 0 Å². The zero-order chi connectivity index (χ0) is 18.6. The largest absolute Gasteiger partial charge is 0.507 e. The lowest BCUT2D eigenvalue weighted by atomic mass is 10.0. The number of benzene rings is 3. The Labute approximate surface area is 160 Å². The van der Waals surface area contributed by atoms with Crippen LogP contribution in [-0.2, 0) is 0 Å². The minimum Gasteiger partial charge on any atom is -0.507 e. The lowest BCUT2D eigenvalue weighted by Gasteiger charge is -2.07. The molecule has 1 aromatic heterocycles. The fourth-order valence-corrected chi connectivity index (χ4v) is 3.46. The lowest BCUT2D eigenvalue weighted by molar-refractivity contribution is 0.415. The van der Waals surface area contributed by atoms with Gasteiger partial charge in [-0.1, -0.05) is 42.5 Å². The second-order valence-electron chi connectivity index (χ2n) is 5.86. The molecule has 0 aliphatic carbocycles. The molecule has 6 heteroatoms. The molecule has 0 bridgehead atoms. The van der Waals surface area contributed by atoms with Gasteiger partial charge in [0.25, 0.3) is 0 Å². The lowest BCUT2D eigenvalue weighted by Crippen LogP contribution is -1.93. The van der Waals surface area contributed by atoms with Gasteiger partial charge in [-0.3, -0.25) is 5.43 Å². The third-order valence-corrected chi connectivity index (χ3v) is 4.92. The highest BCUT2D eigenvalue weighted by atomic mass is 32.1. The first-order chi connectivity index (χ1) is 13.2. The van der Waals surface area contributed by atoms with Gasteiger partial charge in [-0.05, 0) is 29.0 Å². The van der Waals surface area contributed by atoms with Crippen LogP contribution in [0.1, 0.15) is 5.56 Å². The summed E-state index contributed by atoms with van der Waals surface area (Å²) >= 11 is 1.47. The van der Waals surface area contributed by atoms with Gasteiger partial charge in [0.1, 0.15) is 11.5 Å². The van der Waals surface area contributed by atoms with E-state index in [4.69, 9.17) is 4.74 Å². The molecule has 0 unspecified atom stereocenters. The van der Waals surface area contributed by atoms with Crippen LogP contribution in [0.15, 0.2) is 71.1 Å². The number of methoxy groups -OCH3 is 1. The summed E-state index contributed by atoms with van der Waals surface area (Å²) in [4.78, 5) is 4.53. The average molecular weight is 375 g/mol. The fraction of sp³-hybridized carbons (Fsp3) is 0.0476. The van der Waals surface area contributed by atoms with Crippen LogP contribution in [0.25, 0.3) is 22.0 Å². The molecule has 0 aliphatic heterocycles. The predicted octanol–water partition coefficient (Wildman–Crippen LogP) is 5.12. The Balaban J connectivity index is 1.59. The van der Waals surface area contributed by atoms with Gasteiger partial charge in [-0.25, -0.2) is 4.98 Å². The number of rotatable bonds is 5. The van der Waals surface area contributed by atoms with E-state index in [1.165, 1.54) is 11.3 Å². The van der Waals surface area contributed by atoms with Gasteiger partial charge >= 0.3 is 0 Å². The summed E-state index contributed by atoms with van der Waals surface area (Å²) in [5.41, 5.74) is 5.52. The van der Waals surface area contributed by atoms with Crippen LogP contribution < -0.4 is 10.2 Å². The molecular formula is C21H17N3O2S. The van der Waals surface area contributed by atoms with Crippen molar-refractivity contribution in [3.8, 4) is 22.8 Å². The Morgan fingerprint density at radius 1 is 1.11 bits per heavy atom. The highest BCUT2D eigenvalue weighted by molar-refractivity contribution is 7.14. The standard InChI is InChI=1S/C21H17N3O2S/c1-26-16-9-7-14-8-10-20(25)18(17(14)11-16)12-22-24-21-23-19(13-27-21)15-5-3-2-4-6-15/h2-13,25H,1H3,(H,23,24). The Kier molecular flexibility index (Phi) is 4.72. The third kappa shape index (κ3) is 3.61. The Morgan fingerprint density at radius 3 is 2.74 bits per heavy atom. The molecule has 2 N–H and O–H groups in total. The first-order valence-electron chi connectivity index (χ1n) is 8.34. The topological polar surface area (TPSA) is 66.7 Å². The molecule has 3 aromatic carbocycles. The van der Waals surface area contributed by atoms with Crippen molar-refractivity contribution in [3.05, 3.63) is 71.6 Å². The van der Waals surface area contributed by atoms with Crippen molar-refractivity contribution in [1.29, 1.82) is 0 Å². The van der Waals surface area contributed by atoms with Gasteiger partial charge in [0.05, 0.1) is 19.0 Å². The molecule has 0 spiro atoms. The van der Waals surface area contributed by atoms with Gasteiger partial charge in [-0.15, -0.1) is 11.3 Å². The number of anilines is 1. The highest BCUT2D eigenvalue weighted by Crippen LogP contribution is 2.29. The molecule has 0 fully saturated rings.